The molecule has 0 aliphatic rings. The SMILES string of the molecule is C#CCN=Cc1cccc(F)c1. The molecule has 1 aromatic rings. The molecule has 2 heteroatoms. The molecule has 12 heavy (non-hydrogen) atoms. The maximum atomic E-state index is 12.6. The third kappa shape index (κ3) is 2.55. The van der Waals surface area contributed by atoms with Crippen molar-refractivity contribution in [2.24, 2.45) is 4.99 Å². The topological polar surface area (TPSA) is 12.4 Å². The normalized spacial score (nSPS) is 10.0. The van der Waals surface area contributed by atoms with Gasteiger partial charge in [0.05, 0.1) is 6.54 Å². The van der Waals surface area contributed by atoms with E-state index in [1.807, 2.05) is 0 Å². The van der Waals surface area contributed by atoms with Crippen LogP contribution in [0.2, 0.25) is 0 Å². The zero-order chi connectivity index (χ0) is 8.81. The van der Waals surface area contributed by atoms with Crippen LogP contribution in [0.4, 0.5) is 4.39 Å². The van der Waals surface area contributed by atoms with Gasteiger partial charge in [-0.15, -0.1) is 6.42 Å². The molecule has 0 saturated carbocycles. The minimum absolute atomic E-state index is 0.264. The summed E-state index contributed by atoms with van der Waals surface area (Å²) in [6.45, 7) is 0.330. The number of hydrogen-bond acceptors (Lipinski definition) is 1. The average Bonchev–Trinajstić information content (AvgIpc) is 2.05. The van der Waals surface area contributed by atoms with Gasteiger partial charge in [0.2, 0.25) is 0 Å². The number of aliphatic imine (C=N–C) groups is 1. The molecule has 0 amide bonds. The fraction of sp³-hybridized carbons (Fsp3) is 0.100. The number of hydrogen-bond donors (Lipinski definition) is 0. The van der Waals surface area contributed by atoms with E-state index in [-0.39, 0.29) is 5.82 Å². The van der Waals surface area contributed by atoms with Crippen molar-refractivity contribution in [3.05, 3.63) is 35.6 Å². The van der Waals surface area contributed by atoms with Gasteiger partial charge in [-0.1, -0.05) is 18.1 Å². The molecule has 0 saturated heterocycles. The first kappa shape index (κ1) is 8.48. The van der Waals surface area contributed by atoms with Crippen molar-refractivity contribution in [2.45, 2.75) is 0 Å². The van der Waals surface area contributed by atoms with Crippen LogP contribution >= 0.6 is 0 Å². The number of nitrogens with zero attached hydrogens (tertiary/aromatic N) is 1. The lowest BCUT2D eigenvalue weighted by Gasteiger charge is -1.90. The highest BCUT2D eigenvalue weighted by Gasteiger charge is 1.89. The van der Waals surface area contributed by atoms with Gasteiger partial charge in [0.1, 0.15) is 5.82 Å². The number of benzene rings is 1. The fourth-order valence-corrected chi connectivity index (χ4v) is 0.791. The molecule has 0 aliphatic carbocycles. The Hall–Kier alpha value is -1.62. The van der Waals surface area contributed by atoms with Crippen LogP contribution in [0.1, 0.15) is 5.56 Å². The second-order valence-electron chi connectivity index (χ2n) is 2.23. The van der Waals surface area contributed by atoms with Crippen LogP contribution in [-0.2, 0) is 0 Å². The van der Waals surface area contributed by atoms with Crippen LogP contribution in [0.25, 0.3) is 0 Å². The van der Waals surface area contributed by atoms with E-state index in [0.717, 1.165) is 5.56 Å². The molecule has 0 unspecified atom stereocenters. The van der Waals surface area contributed by atoms with E-state index in [1.165, 1.54) is 12.1 Å². The summed E-state index contributed by atoms with van der Waals surface area (Å²) in [5.41, 5.74) is 0.727. The van der Waals surface area contributed by atoms with E-state index in [4.69, 9.17) is 6.42 Å². The number of rotatable bonds is 2. The van der Waals surface area contributed by atoms with Crippen molar-refractivity contribution in [1.82, 2.24) is 0 Å². The van der Waals surface area contributed by atoms with Crippen molar-refractivity contribution in [2.75, 3.05) is 6.54 Å². The Morgan fingerprint density at radius 3 is 3.08 bits per heavy atom. The zero-order valence-electron chi connectivity index (χ0n) is 6.50. The van der Waals surface area contributed by atoms with Gasteiger partial charge in [-0.05, 0) is 17.7 Å². The fourth-order valence-electron chi connectivity index (χ4n) is 0.791. The molecular weight excluding hydrogens is 153 g/mol. The highest BCUT2D eigenvalue weighted by Crippen LogP contribution is 2.00. The summed E-state index contributed by atoms with van der Waals surface area (Å²) in [5.74, 6) is 2.10. The number of halogens is 1. The smallest absolute Gasteiger partial charge is 0.123 e. The zero-order valence-corrected chi connectivity index (χ0v) is 6.50. The van der Waals surface area contributed by atoms with E-state index in [9.17, 15) is 4.39 Å². The van der Waals surface area contributed by atoms with Gasteiger partial charge in [-0.2, -0.15) is 0 Å². The molecule has 0 N–H and O–H groups in total. The molecular formula is C10H8FN. The standard InChI is InChI=1S/C10H8FN/c1-2-6-12-8-9-4-3-5-10(11)7-9/h1,3-5,7-8H,6H2. The molecule has 0 heterocycles. The largest absolute Gasteiger partial charge is 0.280 e. The lowest BCUT2D eigenvalue weighted by atomic mass is 10.2. The molecule has 0 radical (unpaired) electrons. The van der Waals surface area contributed by atoms with E-state index in [1.54, 1.807) is 18.3 Å². The second kappa shape index (κ2) is 4.30. The molecule has 1 aromatic carbocycles. The third-order valence-corrected chi connectivity index (χ3v) is 1.27. The first-order chi connectivity index (χ1) is 5.83. The Balaban J connectivity index is 2.71. The highest BCUT2D eigenvalue weighted by molar-refractivity contribution is 5.79. The molecule has 1 nitrogen and oxygen atoms in total. The first-order valence-electron chi connectivity index (χ1n) is 3.52. The van der Waals surface area contributed by atoms with Crippen LogP contribution in [0, 0.1) is 18.2 Å². The summed E-state index contributed by atoms with van der Waals surface area (Å²) >= 11 is 0. The minimum atomic E-state index is -0.264. The van der Waals surface area contributed by atoms with Crippen LogP contribution in [0.15, 0.2) is 29.3 Å². The minimum Gasteiger partial charge on any atom is -0.280 e. The predicted octanol–water partition coefficient (Wildman–Crippen LogP) is 1.88. The number of terminal acetylenes is 1. The van der Waals surface area contributed by atoms with E-state index < -0.39 is 0 Å². The average molecular weight is 161 g/mol. The van der Waals surface area contributed by atoms with Gasteiger partial charge in [-0.25, -0.2) is 4.39 Å². The summed E-state index contributed by atoms with van der Waals surface area (Å²) in [6.07, 6.45) is 6.54. The van der Waals surface area contributed by atoms with E-state index in [0.29, 0.717) is 6.54 Å². The van der Waals surface area contributed by atoms with Crippen molar-refractivity contribution in [3.8, 4) is 12.3 Å². The Labute approximate surface area is 71.0 Å². The van der Waals surface area contributed by atoms with Crippen molar-refractivity contribution in [1.29, 1.82) is 0 Å². The monoisotopic (exact) mass is 161 g/mol. The first-order valence-corrected chi connectivity index (χ1v) is 3.52. The maximum Gasteiger partial charge on any atom is 0.123 e. The summed E-state index contributed by atoms with van der Waals surface area (Å²) in [6, 6.07) is 6.19. The Morgan fingerprint density at radius 2 is 2.42 bits per heavy atom. The van der Waals surface area contributed by atoms with Crippen molar-refractivity contribution >= 4 is 6.21 Å². The molecule has 0 bridgehead atoms. The van der Waals surface area contributed by atoms with E-state index in [2.05, 4.69) is 10.9 Å². The molecule has 60 valence electrons. The van der Waals surface area contributed by atoms with Crippen molar-refractivity contribution < 1.29 is 4.39 Å². The highest BCUT2D eigenvalue weighted by atomic mass is 19.1. The molecule has 0 fully saturated rings. The molecule has 0 atom stereocenters. The van der Waals surface area contributed by atoms with Crippen LogP contribution in [-0.4, -0.2) is 12.8 Å². The lowest BCUT2D eigenvalue weighted by molar-refractivity contribution is 0.627. The van der Waals surface area contributed by atoms with Gasteiger partial charge < -0.3 is 0 Å². The van der Waals surface area contributed by atoms with Crippen LogP contribution in [0.3, 0.4) is 0 Å². The third-order valence-electron chi connectivity index (χ3n) is 1.27. The molecule has 0 aliphatic heterocycles. The van der Waals surface area contributed by atoms with Gasteiger partial charge in [0.15, 0.2) is 0 Å². The molecule has 0 aromatic heterocycles. The van der Waals surface area contributed by atoms with Gasteiger partial charge in [-0.3, -0.25) is 4.99 Å². The van der Waals surface area contributed by atoms with Gasteiger partial charge >= 0.3 is 0 Å². The van der Waals surface area contributed by atoms with Gasteiger partial charge in [0, 0.05) is 6.21 Å². The Morgan fingerprint density at radius 1 is 1.58 bits per heavy atom. The Kier molecular flexibility index (Phi) is 3.04. The van der Waals surface area contributed by atoms with Crippen molar-refractivity contribution in [3.63, 3.8) is 0 Å². The predicted molar refractivity (Wildman–Crippen MR) is 47.7 cm³/mol. The summed E-state index contributed by atoms with van der Waals surface area (Å²) < 4.78 is 12.6. The Bertz CT molecular complexity index is 323. The van der Waals surface area contributed by atoms with Crippen LogP contribution < -0.4 is 0 Å². The molecule has 1 rings (SSSR count). The van der Waals surface area contributed by atoms with E-state index >= 15 is 0 Å². The maximum absolute atomic E-state index is 12.6. The quantitative estimate of drug-likeness (QED) is 0.464. The summed E-state index contributed by atoms with van der Waals surface area (Å²) in [5, 5.41) is 0. The summed E-state index contributed by atoms with van der Waals surface area (Å²) in [4.78, 5) is 3.87. The lowest BCUT2D eigenvalue weighted by Crippen LogP contribution is -1.83. The summed E-state index contributed by atoms with van der Waals surface area (Å²) in [7, 11) is 0. The van der Waals surface area contributed by atoms with Gasteiger partial charge in [0.25, 0.3) is 0 Å². The van der Waals surface area contributed by atoms with Crippen LogP contribution in [0.5, 0.6) is 0 Å². The molecule has 0 spiro atoms. The second-order valence-corrected chi connectivity index (χ2v) is 2.23.